The van der Waals surface area contributed by atoms with Gasteiger partial charge in [-0.05, 0) is 37.1 Å². The smallest absolute Gasteiger partial charge is 0.345 e. The average molecular weight is 222 g/mol. The van der Waals surface area contributed by atoms with Crippen molar-refractivity contribution in [2.75, 3.05) is 6.61 Å². The molecule has 16 heavy (non-hydrogen) atoms. The van der Waals surface area contributed by atoms with Crippen LogP contribution in [0.4, 0.5) is 0 Å². The van der Waals surface area contributed by atoms with E-state index in [4.69, 9.17) is 14.6 Å². The zero-order valence-electron chi connectivity index (χ0n) is 9.32. The maximum absolute atomic E-state index is 10.9. The summed E-state index contributed by atoms with van der Waals surface area (Å²) in [5, 5.41) is 8.93. The second kappa shape index (κ2) is 4.04. The number of aryl methyl sites for hydroxylation is 2. The number of carbonyl (C=O) groups is 1. The molecule has 1 aromatic carbocycles. The fourth-order valence-electron chi connectivity index (χ4n) is 1.63. The minimum atomic E-state index is -0.949. The standard InChI is InChI=1S/C12H14O4/c1-7-5-10-11(6-8(7)2)16-9(12(13)14)3-4-15-10/h5-6,9H,3-4H2,1-2H3,(H,13,14). The highest BCUT2D eigenvalue weighted by molar-refractivity contribution is 5.73. The number of rotatable bonds is 1. The molecule has 0 amide bonds. The van der Waals surface area contributed by atoms with Crippen LogP contribution in [0.1, 0.15) is 17.5 Å². The summed E-state index contributed by atoms with van der Waals surface area (Å²) in [6.45, 7) is 4.31. The minimum absolute atomic E-state index is 0.363. The molecule has 2 rings (SSSR count). The van der Waals surface area contributed by atoms with E-state index >= 15 is 0 Å². The molecule has 1 unspecified atom stereocenters. The molecular weight excluding hydrogens is 208 g/mol. The Labute approximate surface area is 93.8 Å². The van der Waals surface area contributed by atoms with Gasteiger partial charge in [0.05, 0.1) is 6.61 Å². The molecule has 1 aromatic rings. The molecule has 86 valence electrons. The van der Waals surface area contributed by atoms with Crippen LogP contribution in [0.15, 0.2) is 12.1 Å². The van der Waals surface area contributed by atoms with E-state index in [2.05, 4.69) is 0 Å². The first-order chi connectivity index (χ1) is 7.58. The third kappa shape index (κ3) is 1.96. The van der Waals surface area contributed by atoms with Crippen LogP contribution in [-0.4, -0.2) is 23.8 Å². The van der Waals surface area contributed by atoms with Crippen molar-refractivity contribution in [2.45, 2.75) is 26.4 Å². The molecule has 0 spiro atoms. The summed E-state index contributed by atoms with van der Waals surface area (Å²) in [6, 6.07) is 3.71. The average Bonchev–Trinajstić information content (AvgIpc) is 2.41. The van der Waals surface area contributed by atoms with Gasteiger partial charge in [-0.2, -0.15) is 0 Å². The van der Waals surface area contributed by atoms with Crippen molar-refractivity contribution >= 4 is 5.97 Å². The molecule has 0 aliphatic carbocycles. The van der Waals surface area contributed by atoms with Gasteiger partial charge < -0.3 is 14.6 Å². The number of benzene rings is 1. The highest BCUT2D eigenvalue weighted by atomic mass is 16.5. The monoisotopic (exact) mass is 222 g/mol. The fraction of sp³-hybridized carbons (Fsp3) is 0.417. The van der Waals surface area contributed by atoms with Crippen molar-refractivity contribution in [3.63, 3.8) is 0 Å². The van der Waals surface area contributed by atoms with E-state index in [0.29, 0.717) is 24.5 Å². The first kappa shape index (κ1) is 10.8. The molecule has 0 radical (unpaired) electrons. The largest absolute Gasteiger partial charge is 0.490 e. The van der Waals surface area contributed by atoms with Crippen molar-refractivity contribution in [3.8, 4) is 11.5 Å². The van der Waals surface area contributed by atoms with E-state index in [-0.39, 0.29) is 0 Å². The Hall–Kier alpha value is -1.71. The van der Waals surface area contributed by atoms with Crippen molar-refractivity contribution in [1.29, 1.82) is 0 Å². The Morgan fingerprint density at radius 3 is 2.56 bits per heavy atom. The lowest BCUT2D eigenvalue weighted by Gasteiger charge is -2.12. The van der Waals surface area contributed by atoms with Crippen LogP contribution < -0.4 is 9.47 Å². The molecule has 1 N–H and O–H groups in total. The summed E-state index contributed by atoms with van der Waals surface area (Å²) in [5.74, 6) is 0.203. The lowest BCUT2D eigenvalue weighted by molar-refractivity contribution is -0.145. The first-order valence-electron chi connectivity index (χ1n) is 5.21. The van der Waals surface area contributed by atoms with Crippen LogP contribution >= 0.6 is 0 Å². The Morgan fingerprint density at radius 1 is 1.31 bits per heavy atom. The SMILES string of the molecule is Cc1cc2c(cc1C)OC(C(=O)O)CCO2. The second-order valence-electron chi connectivity index (χ2n) is 3.97. The maximum atomic E-state index is 10.9. The molecule has 1 aliphatic rings. The highest BCUT2D eigenvalue weighted by Crippen LogP contribution is 2.33. The van der Waals surface area contributed by atoms with Gasteiger partial charge in [-0.1, -0.05) is 0 Å². The molecule has 0 aromatic heterocycles. The number of carboxylic acids is 1. The van der Waals surface area contributed by atoms with Gasteiger partial charge in [0.2, 0.25) is 0 Å². The van der Waals surface area contributed by atoms with Gasteiger partial charge in [-0.25, -0.2) is 4.79 Å². The van der Waals surface area contributed by atoms with Crippen LogP contribution in [0.2, 0.25) is 0 Å². The van der Waals surface area contributed by atoms with Crippen LogP contribution in [0.25, 0.3) is 0 Å². The molecule has 4 nitrogen and oxygen atoms in total. The van der Waals surface area contributed by atoms with E-state index in [0.717, 1.165) is 11.1 Å². The highest BCUT2D eigenvalue weighted by Gasteiger charge is 2.24. The minimum Gasteiger partial charge on any atom is -0.490 e. The first-order valence-corrected chi connectivity index (χ1v) is 5.21. The van der Waals surface area contributed by atoms with E-state index < -0.39 is 12.1 Å². The molecule has 1 atom stereocenters. The quantitative estimate of drug-likeness (QED) is 0.788. The number of carboxylic acid groups (broad SMARTS) is 1. The Bertz CT molecular complexity index is 425. The molecule has 1 aliphatic heterocycles. The van der Waals surface area contributed by atoms with Crippen molar-refractivity contribution in [3.05, 3.63) is 23.3 Å². The molecule has 0 fully saturated rings. The third-order valence-corrected chi connectivity index (χ3v) is 2.74. The summed E-state index contributed by atoms with van der Waals surface area (Å²) in [5.41, 5.74) is 2.17. The van der Waals surface area contributed by atoms with E-state index in [9.17, 15) is 4.79 Å². The molecule has 1 heterocycles. The van der Waals surface area contributed by atoms with Crippen molar-refractivity contribution in [1.82, 2.24) is 0 Å². The van der Waals surface area contributed by atoms with E-state index in [1.807, 2.05) is 26.0 Å². The van der Waals surface area contributed by atoms with Crippen LogP contribution in [0.5, 0.6) is 11.5 Å². The summed E-state index contributed by atoms with van der Waals surface area (Å²) >= 11 is 0. The Kier molecular flexibility index (Phi) is 2.73. The van der Waals surface area contributed by atoms with Crippen molar-refractivity contribution in [2.24, 2.45) is 0 Å². The van der Waals surface area contributed by atoms with Crippen LogP contribution in [-0.2, 0) is 4.79 Å². The number of aliphatic carboxylic acids is 1. The number of fused-ring (bicyclic) bond motifs is 1. The fourth-order valence-corrected chi connectivity index (χ4v) is 1.63. The molecule has 0 bridgehead atoms. The summed E-state index contributed by atoms with van der Waals surface area (Å²) in [4.78, 5) is 10.9. The van der Waals surface area contributed by atoms with E-state index in [1.54, 1.807) is 0 Å². The van der Waals surface area contributed by atoms with E-state index in [1.165, 1.54) is 0 Å². The molecule has 0 saturated heterocycles. The van der Waals surface area contributed by atoms with Gasteiger partial charge >= 0.3 is 5.97 Å². The summed E-state index contributed by atoms with van der Waals surface area (Å²) in [7, 11) is 0. The Morgan fingerprint density at radius 2 is 1.94 bits per heavy atom. The summed E-state index contributed by atoms with van der Waals surface area (Å²) < 4.78 is 10.9. The Balaban J connectivity index is 2.36. The lowest BCUT2D eigenvalue weighted by Crippen LogP contribution is -2.27. The van der Waals surface area contributed by atoms with Gasteiger partial charge in [0.1, 0.15) is 0 Å². The predicted molar refractivity (Wildman–Crippen MR) is 58.1 cm³/mol. The number of hydrogen-bond donors (Lipinski definition) is 1. The second-order valence-corrected chi connectivity index (χ2v) is 3.97. The number of ether oxygens (including phenoxy) is 2. The van der Waals surface area contributed by atoms with Crippen molar-refractivity contribution < 1.29 is 19.4 Å². The van der Waals surface area contributed by atoms with Gasteiger partial charge in [0, 0.05) is 6.42 Å². The van der Waals surface area contributed by atoms with Gasteiger partial charge in [0.25, 0.3) is 0 Å². The molecule has 4 heteroatoms. The van der Waals surface area contributed by atoms with Gasteiger partial charge in [-0.3, -0.25) is 0 Å². The van der Waals surface area contributed by atoms with Crippen LogP contribution in [0.3, 0.4) is 0 Å². The third-order valence-electron chi connectivity index (χ3n) is 2.74. The summed E-state index contributed by atoms with van der Waals surface area (Å²) in [6.07, 6.45) is -0.453. The van der Waals surface area contributed by atoms with Crippen LogP contribution in [0, 0.1) is 13.8 Å². The maximum Gasteiger partial charge on any atom is 0.345 e. The van der Waals surface area contributed by atoms with Gasteiger partial charge in [0.15, 0.2) is 17.6 Å². The zero-order valence-corrected chi connectivity index (χ0v) is 9.32. The normalized spacial score (nSPS) is 19.0. The molecular formula is C12H14O4. The predicted octanol–water partition coefficient (Wildman–Crippen LogP) is 1.92. The number of hydrogen-bond acceptors (Lipinski definition) is 3. The lowest BCUT2D eigenvalue weighted by atomic mass is 10.1. The molecule has 0 saturated carbocycles. The van der Waals surface area contributed by atoms with Gasteiger partial charge in [-0.15, -0.1) is 0 Å². The zero-order chi connectivity index (χ0) is 11.7. The topological polar surface area (TPSA) is 55.8 Å².